The molecule has 2 aromatic carbocycles. The van der Waals surface area contributed by atoms with E-state index in [-0.39, 0.29) is 43.0 Å². The topological polar surface area (TPSA) is 89.3 Å². The number of carbonyl (C=O) groups is 1. The van der Waals surface area contributed by atoms with Gasteiger partial charge in [-0.3, -0.25) is 14.4 Å². The van der Waals surface area contributed by atoms with Gasteiger partial charge in [-0.15, -0.1) is 13.2 Å². The third-order valence-electron chi connectivity index (χ3n) is 5.54. The third-order valence-corrected chi connectivity index (χ3v) is 6.12. The van der Waals surface area contributed by atoms with Crippen LogP contribution in [-0.4, -0.2) is 64.1 Å². The highest BCUT2D eigenvalue weighted by atomic mass is 79.9. The summed E-state index contributed by atoms with van der Waals surface area (Å²) in [6.45, 7) is 0.886. The average molecular weight is 620 g/mol. The number of halogens is 5. The first-order valence-electron chi connectivity index (χ1n) is 11.3. The van der Waals surface area contributed by atoms with E-state index in [4.69, 9.17) is 21.1 Å². The van der Waals surface area contributed by atoms with Crippen molar-refractivity contribution in [2.45, 2.75) is 19.1 Å². The van der Waals surface area contributed by atoms with Gasteiger partial charge in [0, 0.05) is 30.0 Å². The fourth-order valence-corrected chi connectivity index (χ4v) is 4.20. The molecule has 1 N–H and O–H groups in total. The minimum atomic E-state index is -4.88. The smallest absolute Gasteiger partial charge is 0.425 e. The number of fused-ring (bicyclic) bond motifs is 1. The second-order valence-electron chi connectivity index (χ2n) is 8.15. The zero-order valence-corrected chi connectivity index (χ0v) is 22.3. The fraction of sp³-hybridized carbons (Fsp3) is 0.333. The molecule has 204 valence electrons. The lowest BCUT2D eigenvalue weighted by atomic mass is 10.2. The molecule has 0 saturated carbocycles. The van der Waals surface area contributed by atoms with Crippen LogP contribution in [0.1, 0.15) is 17.5 Å². The predicted molar refractivity (Wildman–Crippen MR) is 136 cm³/mol. The number of benzene rings is 2. The predicted octanol–water partition coefficient (Wildman–Crippen LogP) is 5.55. The standard InChI is InChI=1S/C24H23BrClF3N4O5/c1-31-20-19(21(34)32(23(31)35)10-12-36-11-9-25)33(14-15-5-7-16(26)8-6-15)22(30-20)37-17-3-2-4-18(13-17)38-24(27,28)29/h2-8,13,21,34H,9-12,14H2,1H3. The first-order chi connectivity index (χ1) is 18.1. The summed E-state index contributed by atoms with van der Waals surface area (Å²) in [4.78, 5) is 19.9. The second-order valence-corrected chi connectivity index (χ2v) is 9.38. The molecule has 3 aromatic rings. The van der Waals surface area contributed by atoms with Crippen molar-refractivity contribution in [2.24, 2.45) is 0 Å². The van der Waals surface area contributed by atoms with Gasteiger partial charge in [0.05, 0.1) is 19.8 Å². The summed E-state index contributed by atoms with van der Waals surface area (Å²) in [5, 5.41) is 12.4. The molecule has 1 aliphatic rings. The quantitative estimate of drug-likeness (QED) is 0.237. The Bertz CT molecular complexity index is 1270. The maximum absolute atomic E-state index is 13.0. The number of urea groups is 1. The summed E-state index contributed by atoms with van der Waals surface area (Å²) in [6.07, 6.45) is -6.27. The van der Waals surface area contributed by atoms with Crippen LogP contribution in [0, 0.1) is 0 Å². The van der Waals surface area contributed by atoms with Crippen molar-refractivity contribution >= 4 is 39.4 Å². The molecule has 0 radical (unpaired) electrons. The van der Waals surface area contributed by atoms with Crippen molar-refractivity contribution in [3.8, 4) is 17.5 Å². The van der Waals surface area contributed by atoms with E-state index in [1.165, 1.54) is 29.0 Å². The van der Waals surface area contributed by atoms with E-state index >= 15 is 0 Å². The van der Waals surface area contributed by atoms with Gasteiger partial charge in [-0.2, -0.15) is 4.98 Å². The van der Waals surface area contributed by atoms with E-state index in [2.05, 4.69) is 25.7 Å². The number of hydrogen-bond acceptors (Lipinski definition) is 6. The molecule has 1 atom stereocenters. The van der Waals surface area contributed by atoms with Crippen LogP contribution in [-0.2, 0) is 11.3 Å². The monoisotopic (exact) mass is 618 g/mol. The van der Waals surface area contributed by atoms with Gasteiger partial charge in [0.15, 0.2) is 12.0 Å². The van der Waals surface area contributed by atoms with Crippen molar-refractivity contribution < 1.29 is 37.3 Å². The van der Waals surface area contributed by atoms with Crippen LogP contribution >= 0.6 is 27.5 Å². The van der Waals surface area contributed by atoms with E-state index in [1.807, 2.05) is 0 Å². The Hall–Kier alpha value is -3.00. The number of aromatic nitrogens is 2. The number of nitrogens with zero attached hydrogens (tertiary/aromatic N) is 4. The highest BCUT2D eigenvalue weighted by Crippen LogP contribution is 2.39. The molecule has 0 aliphatic carbocycles. The lowest BCUT2D eigenvalue weighted by Crippen LogP contribution is -2.49. The zero-order chi connectivity index (χ0) is 27.4. The summed E-state index contributed by atoms with van der Waals surface area (Å²) in [5.41, 5.74) is 1.04. The molecule has 1 aliphatic heterocycles. The number of anilines is 1. The average Bonchev–Trinajstić information content (AvgIpc) is 3.20. The van der Waals surface area contributed by atoms with Crippen molar-refractivity contribution in [3.05, 3.63) is 64.8 Å². The highest BCUT2D eigenvalue weighted by molar-refractivity contribution is 9.09. The molecule has 0 bridgehead atoms. The SMILES string of the molecule is CN1C(=O)N(CCOCCBr)C(O)c2c1nc(Oc1cccc(OC(F)(F)F)c1)n2Cc1ccc(Cl)cc1. The Morgan fingerprint density at radius 3 is 2.53 bits per heavy atom. The zero-order valence-electron chi connectivity index (χ0n) is 20.0. The van der Waals surface area contributed by atoms with Crippen LogP contribution in [0.15, 0.2) is 48.5 Å². The number of aliphatic hydroxyl groups is 1. The largest absolute Gasteiger partial charge is 0.573 e. The summed E-state index contributed by atoms with van der Waals surface area (Å²) >= 11 is 9.28. The van der Waals surface area contributed by atoms with E-state index in [1.54, 1.807) is 28.8 Å². The van der Waals surface area contributed by atoms with Crippen molar-refractivity contribution in [2.75, 3.05) is 37.0 Å². The van der Waals surface area contributed by atoms with Crippen LogP contribution in [0.4, 0.5) is 23.8 Å². The normalized spacial score (nSPS) is 15.6. The number of ether oxygens (including phenoxy) is 3. The molecule has 14 heteroatoms. The molecule has 1 aromatic heterocycles. The van der Waals surface area contributed by atoms with Crippen LogP contribution in [0.5, 0.6) is 17.5 Å². The third kappa shape index (κ3) is 6.52. The van der Waals surface area contributed by atoms with Gasteiger partial charge in [-0.1, -0.05) is 45.7 Å². The maximum atomic E-state index is 13.0. The molecule has 0 saturated heterocycles. The van der Waals surface area contributed by atoms with E-state index < -0.39 is 24.4 Å². The number of aliphatic hydroxyl groups excluding tert-OH is 1. The molecular weight excluding hydrogens is 597 g/mol. The van der Waals surface area contributed by atoms with Gasteiger partial charge >= 0.3 is 18.4 Å². The van der Waals surface area contributed by atoms with Crippen molar-refractivity contribution in [1.82, 2.24) is 14.5 Å². The number of rotatable bonds is 10. The Labute approximate surface area is 229 Å². The molecule has 0 fully saturated rings. The Morgan fingerprint density at radius 1 is 1.13 bits per heavy atom. The first kappa shape index (κ1) is 28.0. The summed E-state index contributed by atoms with van der Waals surface area (Å²) in [7, 11) is 1.50. The highest BCUT2D eigenvalue weighted by Gasteiger charge is 2.40. The number of alkyl halides is 4. The van der Waals surface area contributed by atoms with Crippen molar-refractivity contribution in [1.29, 1.82) is 0 Å². The number of carbonyl (C=O) groups excluding carboxylic acids is 1. The lowest BCUT2D eigenvalue weighted by molar-refractivity contribution is -0.274. The number of imidazole rings is 1. The first-order valence-corrected chi connectivity index (χ1v) is 12.8. The fourth-order valence-electron chi connectivity index (χ4n) is 3.85. The Kier molecular flexibility index (Phi) is 8.71. The molecule has 0 spiro atoms. The van der Waals surface area contributed by atoms with Crippen LogP contribution in [0.25, 0.3) is 0 Å². The number of hydrogen-bond donors (Lipinski definition) is 1. The molecular formula is C24H23BrClF3N4O5. The number of amides is 2. The maximum Gasteiger partial charge on any atom is 0.573 e. The van der Waals surface area contributed by atoms with Gasteiger partial charge in [-0.05, 0) is 29.8 Å². The molecule has 38 heavy (non-hydrogen) atoms. The van der Waals surface area contributed by atoms with Crippen LogP contribution < -0.4 is 14.4 Å². The lowest BCUT2D eigenvalue weighted by Gasteiger charge is -2.36. The van der Waals surface area contributed by atoms with E-state index in [0.717, 1.165) is 17.7 Å². The Balaban J connectivity index is 1.72. The van der Waals surface area contributed by atoms with Gasteiger partial charge < -0.3 is 19.3 Å². The van der Waals surface area contributed by atoms with Gasteiger partial charge in [-0.25, -0.2) is 4.79 Å². The van der Waals surface area contributed by atoms with E-state index in [9.17, 15) is 23.1 Å². The molecule has 2 amide bonds. The minimum absolute atomic E-state index is 0.00921. The van der Waals surface area contributed by atoms with E-state index in [0.29, 0.717) is 17.0 Å². The molecule has 4 rings (SSSR count). The summed E-state index contributed by atoms with van der Waals surface area (Å²) < 4.78 is 55.0. The van der Waals surface area contributed by atoms with Gasteiger partial charge in [0.25, 0.3) is 0 Å². The second kappa shape index (κ2) is 11.8. The molecule has 1 unspecified atom stereocenters. The molecule has 9 nitrogen and oxygen atoms in total. The summed E-state index contributed by atoms with van der Waals surface area (Å²) in [6, 6.07) is 11.3. The van der Waals surface area contributed by atoms with Gasteiger partial charge in [0.2, 0.25) is 0 Å². The summed E-state index contributed by atoms with van der Waals surface area (Å²) in [5.74, 6) is -0.320. The molecule has 2 heterocycles. The van der Waals surface area contributed by atoms with Crippen LogP contribution in [0.3, 0.4) is 0 Å². The van der Waals surface area contributed by atoms with Crippen LogP contribution in [0.2, 0.25) is 5.02 Å². The minimum Gasteiger partial charge on any atom is -0.425 e. The van der Waals surface area contributed by atoms with Gasteiger partial charge in [0.1, 0.15) is 17.2 Å². The Morgan fingerprint density at radius 2 is 1.84 bits per heavy atom. The van der Waals surface area contributed by atoms with Crippen molar-refractivity contribution in [3.63, 3.8) is 0 Å².